The van der Waals surface area contributed by atoms with E-state index in [0.717, 1.165) is 25.7 Å². The smallest absolute Gasteiger partial charge is 0.418 e. The van der Waals surface area contributed by atoms with Gasteiger partial charge >= 0.3 is 6.18 Å². The zero-order chi connectivity index (χ0) is 15.9. The second-order valence-corrected chi connectivity index (χ2v) is 5.31. The molecule has 0 aromatic heterocycles. The molecule has 0 spiro atoms. The summed E-state index contributed by atoms with van der Waals surface area (Å²) in [6, 6.07) is 0. The van der Waals surface area contributed by atoms with E-state index < -0.39 is 11.7 Å². The molecular weight excluding hydrogens is 279 g/mol. The van der Waals surface area contributed by atoms with Gasteiger partial charge in [0.2, 0.25) is 5.88 Å². The van der Waals surface area contributed by atoms with Crippen molar-refractivity contribution in [1.82, 2.24) is 4.90 Å². The predicted octanol–water partition coefficient (Wildman–Crippen LogP) is 5.38. The number of allylic oxidation sites excluding steroid dienone is 3. The van der Waals surface area contributed by atoms with Crippen LogP contribution in [0, 0.1) is 0 Å². The molecule has 1 rings (SSSR count). The molecule has 0 aliphatic carbocycles. The summed E-state index contributed by atoms with van der Waals surface area (Å²) in [7, 11) is 0. The minimum atomic E-state index is -4.33. The van der Waals surface area contributed by atoms with Crippen molar-refractivity contribution in [2.24, 2.45) is 0 Å². The summed E-state index contributed by atoms with van der Waals surface area (Å²) < 4.78 is 45.3. The van der Waals surface area contributed by atoms with Crippen molar-refractivity contribution in [3.63, 3.8) is 0 Å². The fourth-order valence-corrected chi connectivity index (χ4v) is 2.25. The third kappa shape index (κ3) is 5.29. The van der Waals surface area contributed by atoms with Crippen molar-refractivity contribution in [2.45, 2.75) is 65.5 Å². The van der Waals surface area contributed by atoms with Crippen molar-refractivity contribution < 1.29 is 17.9 Å². The number of rotatable bonds is 8. The predicted molar refractivity (Wildman–Crippen MR) is 78.5 cm³/mol. The fourth-order valence-electron chi connectivity index (χ4n) is 2.25. The lowest BCUT2D eigenvalue weighted by atomic mass is 10.1. The van der Waals surface area contributed by atoms with Gasteiger partial charge in [0.25, 0.3) is 0 Å². The summed E-state index contributed by atoms with van der Waals surface area (Å²) in [6.07, 6.45) is 1.38. The van der Waals surface area contributed by atoms with Gasteiger partial charge in [-0.05, 0) is 18.9 Å². The normalized spacial score (nSPS) is 15.8. The fraction of sp³-hybridized carbons (Fsp3) is 0.750. The molecule has 21 heavy (non-hydrogen) atoms. The molecule has 1 heterocycles. The Balaban J connectivity index is 3.02. The van der Waals surface area contributed by atoms with Crippen LogP contribution in [-0.2, 0) is 4.74 Å². The Kier molecular flexibility index (Phi) is 7.12. The van der Waals surface area contributed by atoms with Crippen LogP contribution in [0.1, 0.15) is 59.3 Å². The average Bonchev–Trinajstić information content (AvgIpc) is 2.46. The summed E-state index contributed by atoms with van der Waals surface area (Å²) in [4.78, 5) is 1.78. The van der Waals surface area contributed by atoms with Crippen LogP contribution < -0.4 is 0 Å². The second kappa shape index (κ2) is 8.35. The van der Waals surface area contributed by atoms with E-state index in [2.05, 4.69) is 0 Å². The standard InChI is InChI=1S/C16H26F3NO/c1-4-7-11-20(12-8-5-2)15-14(16(17,18)19)10-9-13(6-3)21-15/h9H,4-8,10-12H2,1-3H3. The number of alkyl halides is 3. The first kappa shape index (κ1) is 17.9. The quantitative estimate of drug-likeness (QED) is 0.597. The van der Waals surface area contributed by atoms with Crippen LogP contribution in [0.4, 0.5) is 13.2 Å². The first-order valence-electron chi connectivity index (χ1n) is 7.86. The molecule has 0 fully saturated rings. The highest BCUT2D eigenvalue weighted by Gasteiger charge is 2.40. The van der Waals surface area contributed by atoms with Gasteiger partial charge in [-0.1, -0.05) is 33.6 Å². The highest BCUT2D eigenvalue weighted by atomic mass is 19.4. The lowest BCUT2D eigenvalue weighted by Crippen LogP contribution is -2.32. The van der Waals surface area contributed by atoms with Crippen LogP contribution >= 0.6 is 0 Å². The van der Waals surface area contributed by atoms with Gasteiger partial charge in [0.05, 0.1) is 5.57 Å². The summed E-state index contributed by atoms with van der Waals surface area (Å²) in [5.41, 5.74) is -0.549. The summed E-state index contributed by atoms with van der Waals surface area (Å²) >= 11 is 0. The molecule has 0 radical (unpaired) electrons. The zero-order valence-corrected chi connectivity index (χ0v) is 13.2. The minimum absolute atomic E-state index is 0.0313. The van der Waals surface area contributed by atoms with E-state index in [4.69, 9.17) is 4.74 Å². The van der Waals surface area contributed by atoms with E-state index in [1.165, 1.54) is 0 Å². The monoisotopic (exact) mass is 305 g/mol. The van der Waals surface area contributed by atoms with Crippen molar-refractivity contribution in [3.05, 3.63) is 23.3 Å². The van der Waals surface area contributed by atoms with Crippen molar-refractivity contribution in [3.8, 4) is 0 Å². The average molecular weight is 305 g/mol. The van der Waals surface area contributed by atoms with Crippen LogP contribution in [0.15, 0.2) is 23.3 Å². The molecule has 0 atom stereocenters. The Morgan fingerprint density at radius 3 is 2.10 bits per heavy atom. The number of halogens is 3. The van der Waals surface area contributed by atoms with Crippen molar-refractivity contribution in [2.75, 3.05) is 13.1 Å². The van der Waals surface area contributed by atoms with Crippen LogP contribution in [0.2, 0.25) is 0 Å². The largest absolute Gasteiger partial charge is 0.446 e. The number of nitrogens with zero attached hydrogens (tertiary/aromatic N) is 1. The van der Waals surface area contributed by atoms with E-state index in [9.17, 15) is 13.2 Å². The molecule has 0 saturated heterocycles. The Hall–Kier alpha value is -1.13. The second-order valence-electron chi connectivity index (χ2n) is 5.31. The van der Waals surface area contributed by atoms with E-state index in [1.54, 1.807) is 11.0 Å². The van der Waals surface area contributed by atoms with Crippen molar-refractivity contribution >= 4 is 0 Å². The first-order chi connectivity index (χ1) is 9.93. The summed E-state index contributed by atoms with van der Waals surface area (Å²) in [5.74, 6) is 0.666. The third-order valence-electron chi connectivity index (χ3n) is 3.56. The van der Waals surface area contributed by atoms with Crippen LogP contribution in [-0.4, -0.2) is 24.2 Å². The molecule has 0 bridgehead atoms. The van der Waals surface area contributed by atoms with E-state index in [-0.39, 0.29) is 12.3 Å². The van der Waals surface area contributed by atoms with E-state index in [1.807, 2.05) is 20.8 Å². The van der Waals surface area contributed by atoms with Gasteiger partial charge in [-0.15, -0.1) is 0 Å². The number of ether oxygens (including phenoxy) is 1. The van der Waals surface area contributed by atoms with Gasteiger partial charge in [0.1, 0.15) is 5.76 Å². The summed E-state index contributed by atoms with van der Waals surface area (Å²) in [6.45, 7) is 7.20. The number of hydrogen-bond acceptors (Lipinski definition) is 2. The zero-order valence-electron chi connectivity index (χ0n) is 13.2. The maximum Gasteiger partial charge on any atom is 0.418 e. The topological polar surface area (TPSA) is 12.5 Å². The molecule has 0 N–H and O–H groups in total. The van der Waals surface area contributed by atoms with Gasteiger partial charge in [-0.3, -0.25) is 0 Å². The maximum absolute atomic E-state index is 13.2. The highest BCUT2D eigenvalue weighted by Crippen LogP contribution is 2.37. The number of unbranched alkanes of at least 4 members (excludes halogenated alkanes) is 2. The molecule has 0 aromatic carbocycles. The molecule has 122 valence electrons. The Morgan fingerprint density at radius 1 is 1.10 bits per heavy atom. The molecule has 1 aliphatic heterocycles. The molecule has 0 aromatic rings. The van der Waals surface area contributed by atoms with Gasteiger partial charge in [0, 0.05) is 25.9 Å². The Labute approximate surface area is 125 Å². The van der Waals surface area contributed by atoms with Crippen LogP contribution in [0.3, 0.4) is 0 Å². The SMILES string of the molecule is CCCCN(CCCC)C1=C(C(F)(F)F)CC=C(CC)O1. The molecule has 1 aliphatic rings. The molecule has 0 unspecified atom stereocenters. The van der Waals surface area contributed by atoms with Crippen LogP contribution in [0.5, 0.6) is 0 Å². The molecule has 5 heteroatoms. The molecule has 2 nitrogen and oxygen atoms in total. The summed E-state index contributed by atoms with van der Waals surface area (Å²) in [5, 5.41) is 0. The van der Waals surface area contributed by atoms with Gasteiger partial charge < -0.3 is 9.64 Å². The van der Waals surface area contributed by atoms with Gasteiger partial charge in [-0.2, -0.15) is 13.2 Å². The lowest BCUT2D eigenvalue weighted by molar-refractivity contribution is -0.100. The lowest BCUT2D eigenvalue weighted by Gasteiger charge is -2.32. The Morgan fingerprint density at radius 2 is 1.67 bits per heavy atom. The van der Waals surface area contributed by atoms with Gasteiger partial charge in [0.15, 0.2) is 0 Å². The minimum Gasteiger partial charge on any atom is -0.446 e. The number of hydrogen-bond donors (Lipinski definition) is 0. The molecule has 0 saturated carbocycles. The molecule has 0 amide bonds. The third-order valence-corrected chi connectivity index (χ3v) is 3.56. The molecular formula is C16H26F3NO. The Bertz CT molecular complexity index is 377. The highest BCUT2D eigenvalue weighted by molar-refractivity contribution is 5.23. The van der Waals surface area contributed by atoms with Crippen LogP contribution in [0.25, 0.3) is 0 Å². The first-order valence-corrected chi connectivity index (χ1v) is 7.86. The van der Waals surface area contributed by atoms with Crippen molar-refractivity contribution in [1.29, 1.82) is 0 Å². The maximum atomic E-state index is 13.2. The van der Waals surface area contributed by atoms with E-state index in [0.29, 0.717) is 25.3 Å². The van der Waals surface area contributed by atoms with Gasteiger partial charge in [-0.25, -0.2) is 0 Å². The van der Waals surface area contributed by atoms with E-state index >= 15 is 0 Å².